The molecule has 0 saturated heterocycles. The van der Waals surface area contributed by atoms with Crippen LogP contribution in [0.25, 0.3) is 0 Å². The largest absolute Gasteiger partial charge is 0.300 e. The summed E-state index contributed by atoms with van der Waals surface area (Å²) in [5.41, 5.74) is 2.39. The van der Waals surface area contributed by atoms with Crippen molar-refractivity contribution in [3.8, 4) is 0 Å². The maximum atomic E-state index is 4.85. The summed E-state index contributed by atoms with van der Waals surface area (Å²) in [6.45, 7) is 1.96. The molecule has 1 aliphatic rings. The van der Waals surface area contributed by atoms with Crippen LogP contribution in [0.3, 0.4) is 0 Å². The molecule has 2 heterocycles. The third kappa shape index (κ3) is 4.11. The summed E-state index contributed by atoms with van der Waals surface area (Å²) in [6.07, 6.45) is 8.29. The normalized spacial score (nSPS) is 15.9. The summed E-state index contributed by atoms with van der Waals surface area (Å²) in [7, 11) is 2.16. The van der Waals surface area contributed by atoms with E-state index in [1.54, 1.807) is 0 Å². The van der Waals surface area contributed by atoms with E-state index in [1.165, 1.54) is 36.4 Å². The van der Waals surface area contributed by atoms with Gasteiger partial charge in [-0.05, 0) is 32.0 Å². The van der Waals surface area contributed by atoms with Gasteiger partial charge < -0.3 is 4.90 Å². The number of hydrogen-bond acceptors (Lipinski definition) is 4. The summed E-state index contributed by atoms with van der Waals surface area (Å²) < 4.78 is 0. The molecule has 0 N–H and O–H groups in total. The van der Waals surface area contributed by atoms with Crippen molar-refractivity contribution in [3.63, 3.8) is 0 Å². The third-order valence-corrected chi connectivity index (χ3v) is 5.24. The lowest BCUT2D eigenvalue weighted by Gasteiger charge is -2.14. The average molecular weight is 301 g/mol. The zero-order valence-corrected chi connectivity index (χ0v) is 13.5. The Kier molecular flexibility index (Phi) is 4.99. The van der Waals surface area contributed by atoms with Crippen molar-refractivity contribution >= 4 is 11.3 Å². The van der Waals surface area contributed by atoms with Crippen LogP contribution in [-0.4, -0.2) is 28.5 Å². The predicted molar refractivity (Wildman–Crippen MR) is 87.6 cm³/mol. The van der Waals surface area contributed by atoms with Gasteiger partial charge >= 0.3 is 0 Å². The van der Waals surface area contributed by atoms with Crippen LogP contribution in [0.4, 0.5) is 0 Å². The number of likely N-dealkylation sites (N-methyl/N-ethyl adjacent to an activating group) is 1. The minimum absolute atomic E-state index is 0.738. The first-order valence-electron chi connectivity index (χ1n) is 7.84. The smallest absolute Gasteiger partial charge is 0.0959 e. The Hall–Kier alpha value is -1.26. The van der Waals surface area contributed by atoms with E-state index in [1.807, 2.05) is 23.6 Å². The SMILES string of the molecule is CN(CCc1ccccn1)Cc1csc(C2CCCC2)n1. The number of pyridine rings is 1. The van der Waals surface area contributed by atoms with Gasteiger partial charge in [-0.2, -0.15) is 0 Å². The van der Waals surface area contributed by atoms with E-state index in [2.05, 4.69) is 34.4 Å². The molecule has 1 saturated carbocycles. The van der Waals surface area contributed by atoms with Gasteiger partial charge in [0.1, 0.15) is 0 Å². The van der Waals surface area contributed by atoms with Gasteiger partial charge in [0.25, 0.3) is 0 Å². The standard InChI is InChI=1S/C17H23N3S/c1-20(11-9-15-8-4-5-10-18-15)12-16-13-21-17(19-16)14-6-2-3-7-14/h4-5,8,10,13-14H,2-3,6-7,9,11-12H2,1H3. The fourth-order valence-corrected chi connectivity index (χ4v) is 3.94. The van der Waals surface area contributed by atoms with Gasteiger partial charge in [0.05, 0.1) is 10.7 Å². The fraction of sp³-hybridized carbons (Fsp3) is 0.529. The first-order valence-corrected chi connectivity index (χ1v) is 8.72. The highest BCUT2D eigenvalue weighted by molar-refractivity contribution is 7.09. The highest BCUT2D eigenvalue weighted by atomic mass is 32.1. The summed E-state index contributed by atoms with van der Waals surface area (Å²) in [5, 5.41) is 3.60. The highest BCUT2D eigenvalue weighted by Crippen LogP contribution is 2.35. The molecule has 2 aromatic heterocycles. The molecule has 0 aromatic carbocycles. The molecule has 0 amide bonds. The molecule has 0 unspecified atom stereocenters. The van der Waals surface area contributed by atoms with Crippen LogP contribution >= 0.6 is 11.3 Å². The number of thiazole rings is 1. The summed E-state index contributed by atoms with van der Waals surface area (Å²) in [5.74, 6) is 0.738. The number of rotatable bonds is 6. The van der Waals surface area contributed by atoms with Gasteiger partial charge in [-0.15, -0.1) is 11.3 Å². The van der Waals surface area contributed by atoms with Crippen LogP contribution in [0.5, 0.6) is 0 Å². The number of hydrogen-bond donors (Lipinski definition) is 0. The van der Waals surface area contributed by atoms with Gasteiger partial charge in [0.15, 0.2) is 0 Å². The Morgan fingerprint density at radius 2 is 2.10 bits per heavy atom. The van der Waals surface area contributed by atoms with Crippen LogP contribution in [0.1, 0.15) is 48.0 Å². The van der Waals surface area contributed by atoms with Crippen LogP contribution < -0.4 is 0 Å². The fourth-order valence-electron chi connectivity index (χ4n) is 2.96. The predicted octanol–water partition coefficient (Wildman–Crippen LogP) is 3.87. The van der Waals surface area contributed by atoms with Gasteiger partial charge in [-0.3, -0.25) is 4.98 Å². The minimum Gasteiger partial charge on any atom is -0.300 e. The molecule has 3 rings (SSSR count). The van der Waals surface area contributed by atoms with Crippen molar-refractivity contribution in [1.82, 2.24) is 14.9 Å². The van der Waals surface area contributed by atoms with Gasteiger partial charge in [-0.1, -0.05) is 18.9 Å². The first-order chi connectivity index (χ1) is 10.3. The van der Waals surface area contributed by atoms with E-state index >= 15 is 0 Å². The maximum absolute atomic E-state index is 4.85. The van der Waals surface area contributed by atoms with Crippen LogP contribution in [0.2, 0.25) is 0 Å². The molecule has 4 heteroatoms. The van der Waals surface area contributed by atoms with E-state index < -0.39 is 0 Å². The van der Waals surface area contributed by atoms with Crippen LogP contribution in [0, 0.1) is 0 Å². The molecular weight excluding hydrogens is 278 g/mol. The van der Waals surface area contributed by atoms with Crippen molar-refractivity contribution < 1.29 is 0 Å². The molecule has 0 spiro atoms. The molecular formula is C17H23N3S. The van der Waals surface area contributed by atoms with Crippen LogP contribution in [0.15, 0.2) is 29.8 Å². The highest BCUT2D eigenvalue weighted by Gasteiger charge is 2.20. The second kappa shape index (κ2) is 7.14. The molecule has 0 atom stereocenters. The monoisotopic (exact) mass is 301 g/mol. The number of nitrogens with zero attached hydrogens (tertiary/aromatic N) is 3. The molecule has 0 aliphatic heterocycles. The first kappa shape index (κ1) is 14.7. The van der Waals surface area contributed by atoms with Gasteiger partial charge in [0.2, 0.25) is 0 Å². The summed E-state index contributed by atoms with van der Waals surface area (Å²) in [4.78, 5) is 11.6. The molecule has 0 bridgehead atoms. The van der Waals surface area contributed by atoms with Crippen molar-refractivity contribution in [2.24, 2.45) is 0 Å². The second-order valence-corrected chi connectivity index (χ2v) is 6.86. The van der Waals surface area contributed by atoms with E-state index in [4.69, 9.17) is 4.98 Å². The second-order valence-electron chi connectivity index (χ2n) is 5.97. The Balaban J connectivity index is 1.49. The van der Waals surface area contributed by atoms with Gasteiger partial charge in [-0.25, -0.2) is 4.98 Å². The summed E-state index contributed by atoms with van der Waals surface area (Å²) in [6, 6.07) is 6.11. The third-order valence-electron chi connectivity index (χ3n) is 4.18. The Morgan fingerprint density at radius 3 is 2.86 bits per heavy atom. The molecule has 21 heavy (non-hydrogen) atoms. The Bertz CT molecular complexity index is 546. The average Bonchev–Trinajstić information content (AvgIpc) is 3.17. The Labute approximate surface area is 131 Å². The van der Waals surface area contributed by atoms with Crippen molar-refractivity contribution in [2.75, 3.05) is 13.6 Å². The maximum Gasteiger partial charge on any atom is 0.0959 e. The molecule has 112 valence electrons. The van der Waals surface area contributed by atoms with E-state index in [0.29, 0.717) is 0 Å². The quantitative estimate of drug-likeness (QED) is 0.811. The lowest BCUT2D eigenvalue weighted by atomic mass is 10.1. The zero-order valence-electron chi connectivity index (χ0n) is 12.7. The zero-order chi connectivity index (χ0) is 14.5. The van der Waals surface area contributed by atoms with E-state index in [0.717, 1.165) is 31.1 Å². The molecule has 2 aromatic rings. The van der Waals surface area contributed by atoms with Crippen molar-refractivity contribution in [1.29, 1.82) is 0 Å². The van der Waals surface area contributed by atoms with Gasteiger partial charge in [0, 0.05) is 42.7 Å². The minimum atomic E-state index is 0.738. The molecule has 3 nitrogen and oxygen atoms in total. The Morgan fingerprint density at radius 1 is 1.24 bits per heavy atom. The molecule has 1 aliphatic carbocycles. The lowest BCUT2D eigenvalue weighted by molar-refractivity contribution is 0.326. The van der Waals surface area contributed by atoms with Crippen molar-refractivity contribution in [2.45, 2.75) is 44.6 Å². The van der Waals surface area contributed by atoms with E-state index in [9.17, 15) is 0 Å². The van der Waals surface area contributed by atoms with Crippen LogP contribution in [-0.2, 0) is 13.0 Å². The summed E-state index contributed by atoms with van der Waals surface area (Å²) >= 11 is 1.85. The number of aromatic nitrogens is 2. The topological polar surface area (TPSA) is 29.0 Å². The lowest BCUT2D eigenvalue weighted by Crippen LogP contribution is -2.21. The van der Waals surface area contributed by atoms with Crippen molar-refractivity contribution in [3.05, 3.63) is 46.2 Å². The molecule has 1 fully saturated rings. The molecule has 0 radical (unpaired) electrons. The van der Waals surface area contributed by atoms with E-state index in [-0.39, 0.29) is 0 Å².